The number of rotatable bonds is 2. The first-order valence-corrected chi connectivity index (χ1v) is 7.60. The number of piperidine rings is 1. The quantitative estimate of drug-likeness (QED) is 0.766. The Morgan fingerprint density at radius 3 is 2.61 bits per heavy atom. The highest BCUT2D eigenvalue weighted by atomic mass is 16.6. The summed E-state index contributed by atoms with van der Waals surface area (Å²) >= 11 is 0. The number of ether oxygens (including phenoxy) is 1. The number of likely N-dealkylation sites (tertiary alicyclic amines) is 1. The number of aliphatic hydroxyl groups excluding tert-OH is 1. The summed E-state index contributed by atoms with van der Waals surface area (Å²) in [6.07, 6.45) is 6.48. The normalized spacial score (nSPS) is 47.0. The molecule has 0 aromatic rings. The van der Waals surface area contributed by atoms with Gasteiger partial charge >= 0.3 is 0 Å². The second-order valence-corrected chi connectivity index (χ2v) is 6.98. The van der Waals surface area contributed by atoms with Crippen molar-refractivity contribution in [1.82, 2.24) is 4.90 Å². The third-order valence-electron chi connectivity index (χ3n) is 5.60. The lowest BCUT2D eigenvalue weighted by molar-refractivity contribution is -0.0718. The zero-order valence-electron chi connectivity index (χ0n) is 12.0. The second-order valence-electron chi connectivity index (χ2n) is 6.98. The number of nitrogens with zero attached hydrogens (tertiary/aromatic N) is 1. The second kappa shape index (κ2) is 4.19. The molecule has 2 unspecified atom stereocenters. The van der Waals surface area contributed by atoms with E-state index in [-0.39, 0.29) is 23.9 Å². The van der Waals surface area contributed by atoms with Crippen LogP contribution in [0.25, 0.3) is 0 Å². The molecule has 2 heterocycles. The average Bonchev–Trinajstić information content (AvgIpc) is 3.02. The summed E-state index contributed by atoms with van der Waals surface area (Å²) in [5, 5.41) is 9.47. The van der Waals surface area contributed by atoms with Crippen molar-refractivity contribution in [3.8, 4) is 0 Å². The fraction of sp³-hybridized carbons (Fsp3) is 1.00. The Bertz CT molecular complexity index is 330. The Labute approximate surface area is 110 Å². The molecule has 1 spiro atoms. The largest absolute Gasteiger partial charge is 0.394 e. The smallest absolute Gasteiger partial charge is 0.111 e. The Kier molecular flexibility index (Phi) is 3.00. The van der Waals surface area contributed by atoms with Gasteiger partial charge in [0, 0.05) is 17.5 Å². The molecule has 2 saturated heterocycles. The summed E-state index contributed by atoms with van der Waals surface area (Å²) in [5.74, 6) is 0.649. The standard InChI is InChI=1S/C15H27NO2/c1-4-16-12-8-6-5-7-11(12)15(10-14(16,2)3)13(9-17)18-15/h11-13,17H,4-10H2,1-3H3/t11-,12-,13?,15?/m0/s1. The van der Waals surface area contributed by atoms with Crippen molar-refractivity contribution in [3.05, 3.63) is 0 Å². The monoisotopic (exact) mass is 253 g/mol. The molecule has 3 nitrogen and oxygen atoms in total. The van der Waals surface area contributed by atoms with E-state index >= 15 is 0 Å². The van der Waals surface area contributed by atoms with Gasteiger partial charge in [0.25, 0.3) is 0 Å². The van der Waals surface area contributed by atoms with Gasteiger partial charge in [-0.3, -0.25) is 4.90 Å². The molecule has 104 valence electrons. The molecule has 4 atom stereocenters. The Morgan fingerprint density at radius 2 is 2.00 bits per heavy atom. The van der Waals surface area contributed by atoms with Gasteiger partial charge in [0.1, 0.15) is 11.7 Å². The highest BCUT2D eigenvalue weighted by Crippen LogP contribution is 2.58. The zero-order chi connectivity index (χ0) is 13.0. The van der Waals surface area contributed by atoms with Crippen molar-refractivity contribution in [2.24, 2.45) is 5.92 Å². The van der Waals surface area contributed by atoms with E-state index in [2.05, 4.69) is 25.7 Å². The van der Waals surface area contributed by atoms with Gasteiger partial charge in [-0.1, -0.05) is 19.8 Å². The third kappa shape index (κ3) is 1.67. The molecule has 1 N–H and O–H groups in total. The van der Waals surface area contributed by atoms with E-state index in [1.165, 1.54) is 25.7 Å². The number of hydrogen-bond donors (Lipinski definition) is 1. The summed E-state index contributed by atoms with van der Waals surface area (Å²) < 4.78 is 6.02. The number of fused-ring (bicyclic) bond motifs is 2. The van der Waals surface area contributed by atoms with Crippen LogP contribution in [0.1, 0.15) is 52.9 Å². The molecule has 1 aliphatic carbocycles. The van der Waals surface area contributed by atoms with Crippen molar-refractivity contribution in [2.45, 2.75) is 76.2 Å². The van der Waals surface area contributed by atoms with Crippen LogP contribution in [0.3, 0.4) is 0 Å². The number of epoxide rings is 1. The minimum Gasteiger partial charge on any atom is -0.394 e. The van der Waals surface area contributed by atoms with E-state index < -0.39 is 0 Å². The molecule has 2 aliphatic heterocycles. The first kappa shape index (κ1) is 12.9. The molecule has 3 rings (SSSR count). The SMILES string of the molecule is CCN1[C@H]2CCCC[C@@H]2C2(CC1(C)C)OC2CO. The van der Waals surface area contributed by atoms with Crippen molar-refractivity contribution < 1.29 is 9.84 Å². The fourth-order valence-electron chi connectivity index (χ4n) is 4.98. The molecule has 0 radical (unpaired) electrons. The molecule has 3 fully saturated rings. The summed E-state index contributed by atoms with van der Waals surface area (Å²) in [4.78, 5) is 2.69. The van der Waals surface area contributed by atoms with E-state index in [1.54, 1.807) is 0 Å². The van der Waals surface area contributed by atoms with Crippen LogP contribution in [-0.2, 0) is 4.74 Å². The molecule has 18 heavy (non-hydrogen) atoms. The summed E-state index contributed by atoms with van der Waals surface area (Å²) in [5.41, 5.74) is 0.214. The first-order valence-electron chi connectivity index (χ1n) is 7.60. The van der Waals surface area contributed by atoms with Crippen LogP contribution in [0, 0.1) is 5.92 Å². The topological polar surface area (TPSA) is 36.0 Å². The maximum atomic E-state index is 9.47. The van der Waals surface area contributed by atoms with Gasteiger partial charge in [-0.2, -0.15) is 0 Å². The van der Waals surface area contributed by atoms with Crippen LogP contribution < -0.4 is 0 Å². The molecule has 0 aromatic carbocycles. The van der Waals surface area contributed by atoms with E-state index in [0.29, 0.717) is 12.0 Å². The number of hydrogen-bond acceptors (Lipinski definition) is 3. The van der Waals surface area contributed by atoms with Crippen LogP contribution >= 0.6 is 0 Å². The van der Waals surface area contributed by atoms with E-state index in [4.69, 9.17) is 4.74 Å². The molecule has 1 saturated carbocycles. The van der Waals surface area contributed by atoms with Gasteiger partial charge in [0.2, 0.25) is 0 Å². The van der Waals surface area contributed by atoms with Crippen LogP contribution in [0.15, 0.2) is 0 Å². The van der Waals surface area contributed by atoms with Crippen LogP contribution in [-0.4, -0.2) is 46.4 Å². The summed E-state index contributed by atoms with van der Waals surface area (Å²) in [7, 11) is 0. The van der Waals surface area contributed by atoms with Crippen LogP contribution in [0.4, 0.5) is 0 Å². The van der Waals surface area contributed by atoms with E-state index in [0.717, 1.165) is 13.0 Å². The van der Waals surface area contributed by atoms with Crippen LogP contribution in [0.2, 0.25) is 0 Å². The lowest BCUT2D eigenvalue weighted by Crippen LogP contribution is -2.63. The Balaban J connectivity index is 1.91. The predicted molar refractivity (Wildman–Crippen MR) is 71.5 cm³/mol. The first-order chi connectivity index (χ1) is 8.55. The highest BCUT2D eigenvalue weighted by Gasteiger charge is 2.68. The maximum absolute atomic E-state index is 9.47. The van der Waals surface area contributed by atoms with Crippen molar-refractivity contribution in [1.29, 1.82) is 0 Å². The van der Waals surface area contributed by atoms with Crippen molar-refractivity contribution >= 4 is 0 Å². The molecule has 0 amide bonds. The fourth-order valence-corrected chi connectivity index (χ4v) is 4.98. The third-order valence-corrected chi connectivity index (χ3v) is 5.60. The summed E-state index contributed by atoms with van der Waals surface area (Å²) in [6, 6.07) is 0.670. The molecule has 0 aromatic heterocycles. The maximum Gasteiger partial charge on any atom is 0.111 e. The minimum atomic E-state index is 0.00894. The van der Waals surface area contributed by atoms with E-state index in [1.807, 2.05) is 0 Å². The lowest BCUT2D eigenvalue weighted by Gasteiger charge is -2.55. The van der Waals surface area contributed by atoms with Gasteiger partial charge in [0.05, 0.1) is 6.61 Å². The van der Waals surface area contributed by atoms with Gasteiger partial charge in [-0.05, 0) is 39.7 Å². The predicted octanol–water partition coefficient (Wildman–Crippen LogP) is 2.18. The minimum absolute atomic E-state index is 0.00894. The van der Waals surface area contributed by atoms with Crippen molar-refractivity contribution in [3.63, 3.8) is 0 Å². The molecule has 0 bridgehead atoms. The Morgan fingerprint density at radius 1 is 1.28 bits per heavy atom. The van der Waals surface area contributed by atoms with Gasteiger partial charge < -0.3 is 9.84 Å². The average molecular weight is 253 g/mol. The van der Waals surface area contributed by atoms with E-state index in [9.17, 15) is 5.11 Å². The Hall–Kier alpha value is -0.120. The summed E-state index contributed by atoms with van der Waals surface area (Å²) in [6.45, 7) is 8.31. The lowest BCUT2D eigenvalue weighted by atomic mass is 9.65. The van der Waals surface area contributed by atoms with Crippen molar-refractivity contribution in [2.75, 3.05) is 13.2 Å². The van der Waals surface area contributed by atoms with Gasteiger partial charge in [-0.25, -0.2) is 0 Å². The molecular formula is C15H27NO2. The highest BCUT2D eigenvalue weighted by molar-refractivity contribution is 5.18. The van der Waals surface area contributed by atoms with Gasteiger partial charge in [-0.15, -0.1) is 0 Å². The molecule has 3 aliphatic rings. The zero-order valence-corrected chi connectivity index (χ0v) is 12.0. The number of aliphatic hydroxyl groups is 1. The molecule has 3 heteroatoms. The molecular weight excluding hydrogens is 226 g/mol. The van der Waals surface area contributed by atoms with Crippen LogP contribution in [0.5, 0.6) is 0 Å². The van der Waals surface area contributed by atoms with Gasteiger partial charge in [0.15, 0.2) is 0 Å².